The molecule has 2 N–H and O–H groups in total. The Morgan fingerprint density at radius 1 is 1.18 bits per heavy atom. The van der Waals surface area contributed by atoms with Crippen LogP contribution in [-0.2, 0) is 14.3 Å². The van der Waals surface area contributed by atoms with Gasteiger partial charge in [-0.15, -0.1) is 11.8 Å². The Bertz CT molecular complexity index is 747. The highest BCUT2D eigenvalue weighted by Gasteiger charge is 2.49. The van der Waals surface area contributed by atoms with Crippen molar-refractivity contribution < 1.29 is 14.7 Å². The molecule has 4 nitrogen and oxygen atoms in total. The van der Waals surface area contributed by atoms with E-state index in [1.54, 1.807) is 42.5 Å². The number of benzene rings is 2. The van der Waals surface area contributed by atoms with Gasteiger partial charge in [-0.1, -0.05) is 29.8 Å². The average Bonchev–Trinajstić information content (AvgIpc) is 2.74. The Kier molecular flexibility index (Phi) is 3.85. The van der Waals surface area contributed by atoms with E-state index in [1.165, 1.54) is 11.8 Å². The molecule has 1 atom stereocenters. The minimum absolute atomic E-state index is 0.289. The molecule has 0 spiro atoms. The lowest BCUT2D eigenvalue weighted by atomic mass is 9.96. The number of carboxylic acid groups (broad SMARTS) is 1. The van der Waals surface area contributed by atoms with Crippen LogP contribution in [0.4, 0.5) is 5.69 Å². The van der Waals surface area contributed by atoms with Crippen LogP contribution >= 0.6 is 23.4 Å². The molecule has 2 aromatic rings. The van der Waals surface area contributed by atoms with Crippen molar-refractivity contribution in [3.05, 3.63) is 59.1 Å². The van der Waals surface area contributed by atoms with E-state index in [9.17, 15) is 14.7 Å². The largest absolute Gasteiger partial charge is 0.481 e. The van der Waals surface area contributed by atoms with Crippen LogP contribution in [0.3, 0.4) is 0 Å². The normalized spacial score (nSPS) is 19.6. The van der Waals surface area contributed by atoms with E-state index in [1.807, 2.05) is 6.07 Å². The van der Waals surface area contributed by atoms with Crippen LogP contribution in [0.5, 0.6) is 0 Å². The summed E-state index contributed by atoms with van der Waals surface area (Å²) in [6, 6.07) is 14.2. The monoisotopic (exact) mass is 333 g/mol. The Morgan fingerprint density at radius 3 is 2.55 bits per heavy atom. The standard InChI is InChI=1S/C16H12ClNO3S/c17-10-5-7-11(8-6-10)22-16(9-14(19)20)12-3-1-2-4-13(12)18-15(16)21/h1-8H,9H2,(H,18,21)(H,19,20). The zero-order chi connectivity index (χ0) is 15.7. The molecule has 0 saturated heterocycles. The number of carbonyl (C=O) groups excluding carboxylic acids is 1. The molecular weight excluding hydrogens is 322 g/mol. The second-order valence-corrected chi connectivity index (χ2v) is 6.76. The van der Waals surface area contributed by atoms with Gasteiger partial charge >= 0.3 is 5.97 Å². The van der Waals surface area contributed by atoms with Gasteiger partial charge < -0.3 is 10.4 Å². The molecule has 1 unspecified atom stereocenters. The maximum atomic E-state index is 12.5. The number of amides is 1. The van der Waals surface area contributed by atoms with Gasteiger partial charge in [-0.2, -0.15) is 0 Å². The molecule has 6 heteroatoms. The van der Waals surface area contributed by atoms with Crippen LogP contribution in [0.15, 0.2) is 53.4 Å². The second kappa shape index (κ2) is 5.66. The summed E-state index contributed by atoms with van der Waals surface area (Å²) in [6.07, 6.45) is -0.289. The second-order valence-electron chi connectivity index (χ2n) is 4.95. The van der Waals surface area contributed by atoms with Crippen molar-refractivity contribution in [1.29, 1.82) is 0 Å². The number of rotatable bonds is 4. The van der Waals surface area contributed by atoms with Gasteiger partial charge in [0, 0.05) is 21.2 Å². The first-order valence-corrected chi connectivity index (χ1v) is 7.78. The topological polar surface area (TPSA) is 66.4 Å². The fourth-order valence-corrected chi connectivity index (χ4v) is 3.95. The summed E-state index contributed by atoms with van der Waals surface area (Å²) in [7, 11) is 0. The minimum Gasteiger partial charge on any atom is -0.481 e. The number of carbonyl (C=O) groups is 2. The average molecular weight is 334 g/mol. The molecule has 0 bridgehead atoms. The van der Waals surface area contributed by atoms with E-state index in [0.29, 0.717) is 16.3 Å². The molecular formula is C16H12ClNO3S. The summed E-state index contributed by atoms with van der Waals surface area (Å²) < 4.78 is -1.17. The van der Waals surface area contributed by atoms with Crippen molar-refractivity contribution in [2.24, 2.45) is 0 Å². The Morgan fingerprint density at radius 2 is 1.86 bits per heavy atom. The van der Waals surface area contributed by atoms with Gasteiger partial charge in [0.1, 0.15) is 4.75 Å². The number of hydrogen-bond acceptors (Lipinski definition) is 3. The van der Waals surface area contributed by atoms with Crippen molar-refractivity contribution >= 4 is 40.9 Å². The van der Waals surface area contributed by atoms with Crippen LogP contribution in [0.1, 0.15) is 12.0 Å². The quantitative estimate of drug-likeness (QED) is 0.894. The van der Waals surface area contributed by atoms with Crippen molar-refractivity contribution in [2.45, 2.75) is 16.1 Å². The molecule has 1 heterocycles. The lowest BCUT2D eigenvalue weighted by Crippen LogP contribution is -2.33. The first kappa shape index (κ1) is 14.9. The van der Waals surface area contributed by atoms with Crippen molar-refractivity contribution in [3.63, 3.8) is 0 Å². The highest BCUT2D eigenvalue weighted by atomic mass is 35.5. The lowest BCUT2D eigenvalue weighted by molar-refractivity contribution is -0.139. The smallest absolute Gasteiger partial charge is 0.305 e. The van der Waals surface area contributed by atoms with Gasteiger partial charge in [0.05, 0.1) is 6.42 Å². The molecule has 22 heavy (non-hydrogen) atoms. The number of fused-ring (bicyclic) bond motifs is 1. The van der Waals surface area contributed by atoms with Gasteiger partial charge in [-0.25, -0.2) is 0 Å². The van der Waals surface area contributed by atoms with Gasteiger partial charge in [0.25, 0.3) is 0 Å². The number of nitrogens with one attached hydrogen (secondary N) is 1. The van der Waals surface area contributed by atoms with E-state index in [2.05, 4.69) is 5.32 Å². The van der Waals surface area contributed by atoms with Crippen molar-refractivity contribution in [3.8, 4) is 0 Å². The number of aliphatic carboxylic acids is 1. The van der Waals surface area contributed by atoms with Gasteiger partial charge in [-0.3, -0.25) is 9.59 Å². The fraction of sp³-hybridized carbons (Fsp3) is 0.125. The molecule has 2 aromatic carbocycles. The Labute approximate surface area is 136 Å². The lowest BCUT2D eigenvalue weighted by Gasteiger charge is -2.25. The Hall–Kier alpha value is -1.98. The van der Waals surface area contributed by atoms with Crippen LogP contribution < -0.4 is 5.32 Å². The van der Waals surface area contributed by atoms with Crippen LogP contribution in [0, 0.1) is 0 Å². The highest BCUT2D eigenvalue weighted by Crippen LogP contribution is 2.51. The Balaban J connectivity index is 2.07. The molecule has 0 aliphatic carbocycles. The molecule has 1 aliphatic rings. The molecule has 3 rings (SSSR count). The fourth-order valence-electron chi connectivity index (χ4n) is 2.52. The molecule has 1 amide bonds. The zero-order valence-corrected chi connectivity index (χ0v) is 12.9. The van der Waals surface area contributed by atoms with Crippen molar-refractivity contribution in [2.75, 3.05) is 5.32 Å². The summed E-state index contributed by atoms with van der Waals surface area (Å²) in [4.78, 5) is 24.7. The van der Waals surface area contributed by atoms with Gasteiger partial charge in [0.2, 0.25) is 5.91 Å². The molecule has 0 saturated carbocycles. The SMILES string of the molecule is O=C(O)CC1(Sc2ccc(Cl)cc2)C(=O)Nc2ccccc21. The summed E-state index contributed by atoms with van der Waals surface area (Å²) in [5, 5.41) is 12.7. The third-order valence-corrected chi connectivity index (χ3v) is 5.14. The number of anilines is 1. The van der Waals surface area contributed by atoms with E-state index < -0.39 is 10.7 Å². The number of halogens is 1. The zero-order valence-electron chi connectivity index (χ0n) is 11.4. The molecule has 0 fully saturated rings. The minimum atomic E-state index is -1.17. The molecule has 0 aromatic heterocycles. The summed E-state index contributed by atoms with van der Waals surface area (Å²) in [6.45, 7) is 0. The van der Waals surface area contributed by atoms with Gasteiger partial charge in [-0.05, 0) is 30.3 Å². The van der Waals surface area contributed by atoms with Gasteiger partial charge in [0.15, 0.2) is 0 Å². The maximum absolute atomic E-state index is 12.5. The van der Waals surface area contributed by atoms with E-state index in [0.717, 1.165) is 4.90 Å². The number of thioether (sulfide) groups is 1. The first-order chi connectivity index (χ1) is 10.5. The highest BCUT2D eigenvalue weighted by molar-refractivity contribution is 8.01. The first-order valence-electron chi connectivity index (χ1n) is 6.58. The van der Waals surface area contributed by atoms with E-state index >= 15 is 0 Å². The molecule has 0 radical (unpaired) electrons. The van der Waals surface area contributed by atoms with Crippen LogP contribution in [0.2, 0.25) is 5.02 Å². The predicted octanol–water partition coefficient (Wildman–Crippen LogP) is 3.75. The predicted molar refractivity (Wildman–Crippen MR) is 86.3 cm³/mol. The number of para-hydroxylation sites is 1. The number of carboxylic acids is 1. The third kappa shape index (κ3) is 2.58. The van der Waals surface area contributed by atoms with Crippen LogP contribution in [0.25, 0.3) is 0 Å². The summed E-state index contributed by atoms with van der Waals surface area (Å²) in [5.41, 5.74) is 1.36. The van der Waals surface area contributed by atoms with E-state index in [4.69, 9.17) is 11.6 Å². The summed E-state index contributed by atoms with van der Waals surface area (Å²) >= 11 is 7.11. The van der Waals surface area contributed by atoms with Crippen molar-refractivity contribution in [1.82, 2.24) is 0 Å². The molecule has 112 valence electrons. The van der Waals surface area contributed by atoms with E-state index in [-0.39, 0.29) is 12.3 Å². The molecule has 1 aliphatic heterocycles. The maximum Gasteiger partial charge on any atom is 0.305 e. The third-order valence-electron chi connectivity index (χ3n) is 3.48. The van der Waals surface area contributed by atoms with Crippen LogP contribution in [-0.4, -0.2) is 17.0 Å². The summed E-state index contributed by atoms with van der Waals surface area (Å²) in [5.74, 6) is -1.33. The number of hydrogen-bond donors (Lipinski definition) is 2.